The van der Waals surface area contributed by atoms with Crippen LogP contribution in [-0.4, -0.2) is 8.76 Å². The van der Waals surface area contributed by atoms with Crippen molar-refractivity contribution < 1.29 is 8.76 Å². The van der Waals surface area contributed by atoms with Gasteiger partial charge < -0.3 is 4.55 Å². The molecule has 4 heteroatoms. The first kappa shape index (κ1) is 8.90. The van der Waals surface area contributed by atoms with Crippen molar-refractivity contribution in [3.05, 3.63) is 22.4 Å². The summed E-state index contributed by atoms with van der Waals surface area (Å²) in [6.45, 7) is 1.92. The summed E-state index contributed by atoms with van der Waals surface area (Å²) in [6, 6.07) is 3.79. The second-order valence-corrected chi connectivity index (χ2v) is 4.29. The third-order valence-electron chi connectivity index (χ3n) is 1.47. The maximum Gasteiger partial charge on any atom is 0.161 e. The Labute approximate surface area is 72.5 Å². The molecule has 0 aromatic carbocycles. The maximum absolute atomic E-state index is 10.7. The van der Waals surface area contributed by atoms with Crippen LogP contribution in [0.4, 0.5) is 0 Å². The van der Waals surface area contributed by atoms with Gasteiger partial charge in [-0.1, -0.05) is 13.0 Å². The molecule has 0 amide bonds. The molecule has 1 N–H and O–H groups in total. The topological polar surface area (TPSA) is 37.3 Å². The van der Waals surface area contributed by atoms with Gasteiger partial charge in [0.2, 0.25) is 0 Å². The summed E-state index contributed by atoms with van der Waals surface area (Å²) in [5.41, 5.74) is 0. The van der Waals surface area contributed by atoms with Crippen LogP contribution in [0.3, 0.4) is 0 Å². The summed E-state index contributed by atoms with van der Waals surface area (Å²) in [5, 5.41) is 1.72. The lowest BCUT2D eigenvalue weighted by molar-refractivity contribution is 0.548. The Bertz CT molecular complexity index is 231. The second-order valence-electron chi connectivity index (χ2n) is 2.19. The Morgan fingerprint density at radius 3 is 2.91 bits per heavy atom. The molecule has 2 unspecified atom stereocenters. The van der Waals surface area contributed by atoms with Gasteiger partial charge in [0.05, 0.1) is 5.25 Å². The van der Waals surface area contributed by atoms with Crippen LogP contribution in [-0.2, 0) is 11.1 Å². The molecule has 0 spiro atoms. The van der Waals surface area contributed by atoms with E-state index < -0.39 is 11.1 Å². The Morgan fingerprint density at radius 2 is 2.55 bits per heavy atom. The Balaban J connectivity index is 2.79. The van der Waals surface area contributed by atoms with Gasteiger partial charge in [-0.2, -0.15) is 0 Å². The molecule has 1 rings (SSSR count). The van der Waals surface area contributed by atoms with Crippen LogP contribution >= 0.6 is 11.3 Å². The first-order valence-corrected chi connectivity index (χ1v) is 5.43. The van der Waals surface area contributed by atoms with Gasteiger partial charge in [0, 0.05) is 4.88 Å². The fourth-order valence-electron chi connectivity index (χ4n) is 0.918. The smallest absolute Gasteiger partial charge is 0.161 e. The monoisotopic (exact) mass is 190 g/mol. The average Bonchev–Trinajstić information content (AvgIpc) is 2.40. The van der Waals surface area contributed by atoms with Crippen molar-refractivity contribution in [3.63, 3.8) is 0 Å². The predicted octanol–water partition coefficient (Wildman–Crippen LogP) is 2.42. The van der Waals surface area contributed by atoms with Crippen LogP contribution in [0.1, 0.15) is 23.5 Å². The minimum Gasteiger partial charge on any atom is -0.306 e. The lowest BCUT2D eigenvalue weighted by Crippen LogP contribution is -2.01. The molecule has 0 saturated carbocycles. The molecular weight excluding hydrogens is 180 g/mol. The molecule has 0 fully saturated rings. The zero-order valence-electron chi connectivity index (χ0n) is 6.19. The Hall–Kier alpha value is -0.190. The number of hydrogen-bond acceptors (Lipinski definition) is 2. The Morgan fingerprint density at radius 1 is 1.82 bits per heavy atom. The zero-order valence-corrected chi connectivity index (χ0v) is 7.82. The highest BCUT2D eigenvalue weighted by Gasteiger charge is 2.15. The normalized spacial score (nSPS) is 16.2. The number of thiophene rings is 1. The maximum atomic E-state index is 10.7. The summed E-state index contributed by atoms with van der Waals surface area (Å²) in [6.07, 6.45) is 0.712. The van der Waals surface area contributed by atoms with Gasteiger partial charge in [0.25, 0.3) is 0 Å². The Kier molecular flexibility index (Phi) is 3.23. The molecule has 2 atom stereocenters. The first-order chi connectivity index (χ1) is 5.25. The van der Waals surface area contributed by atoms with E-state index in [1.54, 1.807) is 0 Å². The molecule has 0 aliphatic carbocycles. The molecule has 0 aliphatic heterocycles. The molecule has 0 radical (unpaired) electrons. The second kappa shape index (κ2) is 3.99. The highest BCUT2D eigenvalue weighted by Crippen LogP contribution is 2.26. The van der Waals surface area contributed by atoms with Crippen molar-refractivity contribution in [1.82, 2.24) is 0 Å². The third kappa shape index (κ3) is 2.12. The molecule has 2 nitrogen and oxygen atoms in total. The standard InChI is InChI=1S/C7H10O2S2/c1-2-7(11(8)9)6-4-3-5-10-6/h3-5,7H,2H2,1H3,(H,8,9). The van der Waals surface area contributed by atoms with Crippen molar-refractivity contribution in [1.29, 1.82) is 0 Å². The molecule has 0 aliphatic rings. The van der Waals surface area contributed by atoms with E-state index in [1.165, 1.54) is 11.3 Å². The summed E-state index contributed by atoms with van der Waals surface area (Å²) in [5.74, 6) is 0. The predicted molar refractivity (Wildman–Crippen MR) is 48.1 cm³/mol. The van der Waals surface area contributed by atoms with Crippen LogP contribution < -0.4 is 0 Å². The van der Waals surface area contributed by atoms with E-state index in [4.69, 9.17) is 4.55 Å². The number of hydrogen-bond donors (Lipinski definition) is 1. The summed E-state index contributed by atoms with van der Waals surface area (Å²) >= 11 is -0.191. The fraction of sp³-hybridized carbons (Fsp3) is 0.429. The van der Waals surface area contributed by atoms with Gasteiger partial charge in [0.15, 0.2) is 11.1 Å². The first-order valence-electron chi connectivity index (χ1n) is 3.38. The highest BCUT2D eigenvalue weighted by molar-refractivity contribution is 7.79. The van der Waals surface area contributed by atoms with Crippen molar-refractivity contribution in [2.24, 2.45) is 0 Å². The van der Waals surface area contributed by atoms with Crippen LogP contribution in [0.25, 0.3) is 0 Å². The summed E-state index contributed by atoms with van der Waals surface area (Å²) in [7, 11) is 0. The van der Waals surface area contributed by atoms with E-state index in [9.17, 15) is 4.21 Å². The molecule has 62 valence electrons. The van der Waals surface area contributed by atoms with Crippen molar-refractivity contribution in [3.8, 4) is 0 Å². The average molecular weight is 190 g/mol. The summed E-state index contributed by atoms with van der Waals surface area (Å²) in [4.78, 5) is 0.994. The van der Waals surface area contributed by atoms with Gasteiger partial charge in [0.1, 0.15) is 0 Å². The highest BCUT2D eigenvalue weighted by atomic mass is 32.2. The van der Waals surface area contributed by atoms with Gasteiger partial charge >= 0.3 is 0 Å². The van der Waals surface area contributed by atoms with E-state index in [1.807, 2.05) is 24.4 Å². The van der Waals surface area contributed by atoms with Gasteiger partial charge in [-0.05, 0) is 17.9 Å². The van der Waals surface area contributed by atoms with Crippen molar-refractivity contribution in [2.75, 3.05) is 0 Å². The number of rotatable bonds is 3. The van der Waals surface area contributed by atoms with Gasteiger partial charge in [-0.3, -0.25) is 0 Å². The molecule has 11 heavy (non-hydrogen) atoms. The quantitative estimate of drug-likeness (QED) is 0.743. The molecule has 1 aromatic rings. The van der Waals surface area contributed by atoms with E-state index in [2.05, 4.69) is 0 Å². The molecule has 0 bridgehead atoms. The van der Waals surface area contributed by atoms with E-state index in [0.29, 0.717) is 6.42 Å². The van der Waals surface area contributed by atoms with Gasteiger partial charge in [-0.25, -0.2) is 4.21 Å². The zero-order chi connectivity index (χ0) is 8.27. The van der Waals surface area contributed by atoms with Crippen molar-refractivity contribution in [2.45, 2.75) is 18.6 Å². The van der Waals surface area contributed by atoms with Gasteiger partial charge in [-0.15, -0.1) is 11.3 Å². The fourth-order valence-corrected chi connectivity index (χ4v) is 2.68. The molecule has 0 saturated heterocycles. The van der Waals surface area contributed by atoms with Crippen LogP contribution in [0.2, 0.25) is 0 Å². The van der Waals surface area contributed by atoms with Crippen LogP contribution in [0, 0.1) is 0 Å². The lowest BCUT2D eigenvalue weighted by Gasteiger charge is -2.06. The van der Waals surface area contributed by atoms with Crippen molar-refractivity contribution >= 4 is 22.4 Å². The summed E-state index contributed by atoms with van der Waals surface area (Å²) < 4.78 is 19.6. The molecule has 1 heterocycles. The SMILES string of the molecule is CCC(c1cccs1)S(=O)O. The lowest BCUT2D eigenvalue weighted by atomic mass is 10.3. The van der Waals surface area contributed by atoms with Crippen LogP contribution in [0.5, 0.6) is 0 Å². The molecule has 1 aromatic heterocycles. The van der Waals surface area contributed by atoms with Crippen LogP contribution in [0.15, 0.2) is 17.5 Å². The molecular formula is C7H10O2S2. The minimum absolute atomic E-state index is 0.199. The van der Waals surface area contributed by atoms with E-state index in [-0.39, 0.29) is 5.25 Å². The van der Waals surface area contributed by atoms with E-state index >= 15 is 0 Å². The third-order valence-corrected chi connectivity index (χ3v) is 3.68. The van der Waals surface area contributed by atoms with E-state index in [0.717, 1.165) is 4.88 Å². The largest absolute Gasteiger partial charge is 0.306 e. The minimum atomic E-state index is -1.72.